The third-order valence-corrected chi connectivity index (χ3v) is 6.12. The average molecular weight is 319 g/mol. The maximum atomic E-state index is 11.6. The van der Waals surface area contributed by atoms with Crippen LogP contribution in [0, 0.1) is 5.92 Å². The smallest absolute Gasteiger partial charge is 0.150 e. The van der Waals surface area contributed by atoms with E-state index in [9.17, 15) is 8.42 Å². The Morgan fingerprint density at radius 3 is 2.57 bits per heavy atom. The Balaban J connectivity index is 2.53. The second-order valence-electron chi connectivity index (χ2n) is 6.76. The first-order valence-corrected chi connectivity index (χ1v) is 10.4. The number of piperazine rings is 1. The summed E-state index contributed by atoms with van der Waals surface area (Å²) in [5.74, 6) is 1.28. The van der Waals surface area contributed by atoms with Crippen molar-refractivity contribution in [2.45, 2.75) is 65.5 Å². The molecule has 4 nitrogen and oxygen atoms in total. The number of nitrogens with zero attached hydrogens (tertiary/aromatic N) is 1. The normalized spacial score (nSPS) is 24.6. The molecule has 1 heterocycles. The van der Waals surface area contributed by atoms with E-state index in [-0.39, 0.29) is 5.75 Å². The van der Waals surface area contributed by atoms with Crippen LogP contribution in [0.15, 0.2) is 0 Å². The van der Waals surface area contributed by atoms with Gasteiger partial charge in [0, 0.05) is 30.9 Å². The van der Waals surface area contributed by atoms with E-state index in [1.165, 1.54) is 19.3 Å². The van der Waals surface area contributed by atoms with Crippen LogP contribution in [-0.2, 0) is 9.84 Å². The van der Waals surface area contributed by atoms with Gasteiger partial charge in [-0.2, -0.15) is 0 Å². The fourth-order valence-electron chi connectivity index (χ4n) is 3.15. The van der Waals surface area contributed by atoms with Gasteiger partial charge >= 0.3 is 0 Å². The van der Waals surface area contributed by atoms with Gasteiger partial charge in [-0.1, -0.05) is 34.1 Å². The van der Waals surface area contributed by atoms with E-state index in [0.717, 1.165) is 26.1 Å². The molecule has 2 atom stereocenters. The second kappa shape index (κ2) is 9.11. The number of rotatable bonds is 9. The summed E-state index contributed by atoms with van der Waals surface area (Å²) in [6.07, 6.45) is 4.36. The lowest BCUT2D eigenvalue weighted by Crippen LogP contribution is -2.57. The standard InChI is InChI=1S/C16H34N2O2S/c1-5-8-15-13-18(9-7-10-21(19,20)6-2)16(12-17-15)11-14(3)4/h14-17H,5-13H2,1-4H3. The highest BCUT2D eigenvalue weighted by atomic mass is 32.2. The van der Waals surface area contributed by atoms with Crippen LogP contribution in [0.3, 0.4) is 0 Å². The van der Waals surface area contributed by atoms with Gasteiger partial charge in [-0.15, -0.1) is 0 Å². The number of nitrogens with one attached hydrogen (secondary N) is 1. The lowest BCUT2D eigenvalue weighted by atomic mass is 9.97. The molecular weight excluding hydrogens is 284 g/mol. The first-order valence-electron chi connectivity index (χ1n) is 8.55. The van der Waals surface area contributed by atoms with Crippen molar-refractivity contribution in [3.8, 4) is 0 Å². The van der Waals surface area contributed by atoms with Gasteiger partial charge in [0.1, 0.15) is 9.84 Å². The van der Waals surface area contributed by atoms with Crippen LogP contribution in [-0.4, -0.2) is 56.5 Å². The van der Waals surface area contributed by atoms with Crippen LogP contribution in [0.2, 0.25) is 0 Å². The average Bonchev–Trinajstić information content (AvgIpc) is 2.41. The molecular formula is C16H34N2O2S. The van der Waals surface area contributed by atoms with Gasteiger partial charge in [-0.05, 0) is 31.7 Å². The third-order valence-electron chi connectivity index (χ3n) is 4.33. The number of hydrogen-bond donors (Lipinski definition) is 1. The Labute approximate surface area is 131 Å². The van der Waals surface area contributed by atoms with Gasteiger partial charge in [-0.25, -0.2) is 8.42 Å². The summed E-state index contributed by atoms with van der Waals surface area (Å²) in [5.41, 5.74) is 0. The van der Waals surface area contributed by atoms with Crippen molar-refractivity contribution in [1.82, 2.24) is 10.2 Å². The highest BCUT2D eigenvalue weighted by molar-refractivity contribution is 7.91. The van der Waals surface area contributed by atoms with Gasteiger partial charge in [-0.3, -0.25) is 4.90 Å². The van der Waals surface area contributed by atoms with Gasteiger partial charge in [0.25, 0.3) is 0 Å². The van der Waals surface area contributed by atoms with Crippen molar-refractivity contribution >= 4 is 9.84 Å². The molecule has 0 amide bonds. The summed E-state index contributed by atoms with van der Waals surface area (Å²) in [5, 5.41) is 3.66. The third kappa shape index (κ3) is 7.11. The van der Waals surface area contributed by atoms with Crippen LogP contribution in [0.1, 0.15) is 53.4 Å². The maximum Gasteiger partial charge on any atom is 0.150 e. The van der Waals surface area contributed by atoms with Gasteiger partial charge < -0.3 is 5.32 Å². The monoisotopic (exact) mass is 318 g/mol. The molecule has 5 heteroatoms. The van der Waals surface area contributed by atoms with Crippen LogP contribution < -0.4 is 5.32 Å². The molecule has 1 aliphatic rings. The molecule has 0 saturated carbocycles. The van der Waals surface area contributed by atoms with Crippen LogP contribution >= 0.6 is 0 Å². The number of sulfone groups is 1. The molecule has 21 heavy (non-hydrogen) atoms. The molecule has 0 aromatic carbocycles. The van der Waals surface area contributed by atoms with Crippen LogP contribution in [0.4, 0.5) is 0 Å². The van der Waals surface area contributed by atoms with Gasteiger partial charge in [0.05, 0.1) is 5.75 Å². The molecule has 1 fully saturated rings. The van der Waals surface area contributed by atoms with E-state index >= 15 is 0 Å². The molecule has 0 aliphatic carbocycles. The Bertz CT molecular complexity index is 382. The second-order valence-corrected chi connectivity index (χ2v) is 9.23. The maximum absolute atomic E-state index is 11.6. The largest absolute Gasteiger partial charge is 0.311 e. The molecule has 1 rings (SSSR count). The van der Waals surface area contributed by atoms with Crippen LogP contribution in [0.25, 0.3) is 0 Å². The zero-order valence-electron chi connectivity index (χ0n) is 14.3. The minimum atomic E-state index is -2.83. The zero-order valence-corrected chi connectivity index (χ0v) is 15.1. The van der Waals surface area contributed by atoms with Crippen LogP contribution in [0.5, 0.6) is 0 Å². The predicted molar refractivity (Wildman–Crippen MR) is 90.5 cm³/mol. The minimum Gasteiger partial charge on any atom is -0.311 e. The van der Waals surface area contributed by atoms with Crippen molar-refractivity contribution in [3.63, 3.8) is 0 Å². The van der Waals surface area contributed by atoms with Crippen molar-refractivity contribution in [2.75, 3.05) is 31.1 Å². The summed E-state index contributed by atoms with van der Waals surface area (Å²) in [4.78, 5) is 2.53. The highest BCUT2D eigenvalue weighted by Crippen LogP contribution is 2.17. The van der Waals surface area contributed by atoms with E-state index in [2.05, 4.69) is 31.0 Å². The first kappa shape index (κ1) is 18.9. The molecule has 126 valence electrons. The fraction of sp³-hybridized carbons (Fsp3) is 1.00. The number of hydrogen-bond acceptors (Lipinski definition) is 4. The molecule has 2 unspecified atom stereocenters. The van der Waals surface area contributed by atoms with E-state index in [1.807, 2.05) is 0 Å². The van der Waals surface area contributed by atoms with Crippen molar-refractivity contribution in [3.05, 3.63) is 0 Å². The lowest BCUT2D eigenvalue weighted by molar-refractivity contribution is 0.111. The molecule has 0 radical (unpaired) electrons. The Morgan fingerprint density at radius 1 is 1.29 bits per heavy atom. The van der Waals surface area contributed by atoms with E-state index in [0.29, 0.717) is 23.8 Å². The Kier molecular flexibility index (Phi) is 8.21. The van der Waals surface area contributed by atoms with E-state index in [1.54, 1.807) is 6.92 Å². The van der Waals surface area contributed by atoms with Crippen molar-refractivity contribution in [1.29, 1.82) is 0 Å². The topological polar surface area (TPSA) is 49.4 Å². The van der Waals surface area contributed by atoms with Crippen molar-refractivity contribution < 1.29 is 8.42 Å². The Hall–Kier alpha value is -0.130. The van der Waals surface area contributed by atoms with Crippen molar-refractivity contribution in [2.24, 2.45) is 5.92 Å². The van der Waals surface area contributed by atoms with Gasteiger partial charge in [0.15, 0.2) is 0 Å². The van der Waals surface area contributed by atoms with Gasteiger partial charge in [0.2, 0.25) is 0 Å². The molecule has 0 bridgehead atoms. The molecule has 1 N–H and O–H groups in total. The molecule has 0 spiro atoms. The quantitative estimate of drug-likeness (QED) is 0.709. The van der Waals surface area contributed by atoms with E-state index in [4.69, 9.17) is 0 Å². The summed E-state index contributed by atoms with van der Waals surface area (Å²) in [6, 6.07) is 1.13. The summed E-state index contributed by atoms with van der Waals surface area (Å²) < 4.78 is 23.3. The fourth-order valence-corrected chi connectivity index (χ4v) is 4.01. The summed E-state index contributed by atoms with van der Waals surface area (Å²) >= 11 is 0. The minimum absolute atomic E-state index is 0.266. The molecule has 0 aromatic heterocycles. The highest BCUT2D eigenvalue weighted by Gasteiger charge is 2.27. The van der Waals surface area contributed by atoms with E-state index < -0.39 is 9.84 Å². The zero-order chi connectivity index (χ0) is 15.9. The SMILES string of the molecule is CCCC1CN(CCCS(=O)(=O)CC)C(CC(C)C)CN1. The predicted octanol–water partition coefficient (Wildman–Crippen LogP) is 2.30. The molecule has 1 aliphatic heterocycles. The summed E-state index contributed by atoms with van der Waals surface area (Å²) in [6.45, 7) is 11.5. The first-order chi connectivity index (χ1) is 9.88. The molecule has 0 aromatic rings. The Morgan fingerprint density at radius 2 is 2.00 bits per heavy atom. The molecule has 1 saturated heterocycles. The lowest BCUT2D eigenvalue weighted by Gasteiger charge is -2.41. The summed E-state index contributed by atoms with van der Waals surface area (Å²) in [7, 11) is -2.83.